The largest absolute Gasteiger partial charge is 0.372 e. The van der Waals surface area contributed by atoms with E-state index in [2.05, 4.69) is 53.6 Å². The molecule has 0 unspecified atom stereocenters. The molecule has 0 bridgehead atoms. The fraction of sp³-hybridized carbons (Fsp3) is 0.267. The zero-order valence-corrected chi connectivity index (χ0v) is 20.3. The van der Waals surface area contributed by atoms with Crippen LogP contribution in [0.25, 0.3) is 0 Å². The van der Waals surface area contributed by atoms with E-state index in [9.17, 15) is 9.59 Å². The zero-order chi connectivity index (χ0) is 24.4. The first-order valence-electron chi connectivity index (χ1n) is 12.5. The standard InChI is InChI=1S/C30H31N3O2/c1-3-33(4-2)23-16-13-20(14-17-23)29-28-25(11-8-12-27(28)34)31-26-19-22(15-18-24(26)32-29)30(35)21-9-6-5-7-10-21/h5-7,9-10,13-19,29,31-32H,3-4,8,11-12H2,1-2H3/t29-/m1/s1. The lowest BCUT2D eigenvalue weighted by atomic mass is 9.86. The van der Waals surface area contributed by atoms with E-state index >= 15 is 0 Å². The number of fused-ring (bicyclic) bond motifs is 1. The first-order valence-corrected chi connectivity index (χ1v) is 12.5. The van der Waals surface area contributed by atoms with E-state index < -0.39 is 0 Å². The Kier molecular flexibility index (Phi) is 6.41. The minimum Gasteiger partial charge on any atom is -0.372 e. The molecule has 0 amide bonds. The van der Waals surface area contributed by atoms with Gasteiger partial charge in [0.25, 0.3) is 0 Å². The predicted molar refractivity (Wildman–Crippen MR) is 142 cm³/mol. The van der Waals surface area contributed by atoms with Crippen LogP contribution in [0.15, 0.2) is 84.1 Å². The maximum Gasteiger partial charge on any atom is 0.193 e. The van der Waals surface area contributed by atoms with Crippen molar-refractivity contribution in [2.75, 3.05) is 28.6 Å². The number of hydrogen-bond acceptors (Lipinski definition) is 5. The van der Waals surface area contributed by atoms with Crippen LogP contribution in [0, 0.1) is 0 Å². The Morgan fingerprint density at radius 3 is 2.34 bits per heavy atom. The molecule has 2 aliphatic rings. The van der Waals surface area contributed by atoms with Gasteiger partial charge in [0.05, 0.1) is 17.4 Å². The van der Waals surface area contributed by atoms with Crippen LogP contribution in [-0.2, 0) is 4.79 Å². The minimum absolute atomic E-state index is 0.0167. The molecule has 0 fully saturated rings. The molecular weight excluding hydrogens is 434 g/mol. The van der Waals surface area contributed by atoms with E-state index in [1.165, 1.54) is 5.69 Å². The third-order valence-electron chi connectivity index (χ3n) is 7.00. The predicted octanol–water partition coefficient (Wildman–Crippen LogP) is 6.35. The first-order chi connectivity index (χ1) is 17.1. The van der Waals surface area contributed by atoms with Gasteiger partial charge in [-0.2, -0.15) is 0 Å². The third-order valence-corrected chi connectivity index (χ3v) is 7.00. The smallest absolute Gasteiger partial charge is 0.193 e. The number of nitrogens with zero attached hydrogens (tertiary/aromatic N) is 1. The summed E-state index contributed by atoms with van der Waals surface area (Å²) in [5.41, 5.74) is 6.99. The summed E-state index contributed by atoms with van der Waals surface area (Å²) in [4.78, 5) is 28.5. The van der Waals surface area contributed by atoms with E-state index in [1.807, 2.05) is 48.5 Å². The number of rotatable bonds is 6. The molecule has 3 aromatic rings. The van der Waals surface area contributed by atoms with Crippen molar-refractivity contribution in [3.8, 4) is 0 Å². The molecule has 1 aliphatic heterocycles. The molecule has 5 heteroatoms. The number of anilines is 3. The molecule has 2 N–H and O–H groups in total. The summed E-state index contributed by atoms with van der Waals surface area (Å²) in [6.45, 7) is 6.21. The summed E-state index contributed by atoms with van der Waals surface area (Å²) in [7, 11) is 0. The lowest BCUT2D eigenvalue weighted by Crippen LogP contribution is -2.24. The number of nitrogens with one attached hydrogen (secondary N) is 2. The third kappa shape index (κ3) is 4.46. The zero-order valence-electron chi connectivity index (χ0n) is 20.3. The van der Waals surface area contributed by atoms with Crippen LogP contribution >= 0.6 is 0 Å². The van der Waals surface area contributed by atoms with Crippen molar-refractivity contribution < 1.29 is 9.59 Å². The van der Waals surface area contributed by atoms with Gasteiger partial charge in [-0.05, 0) is 62.6 Å². The van der Waals surface area contributed by atoms with E-state index in [0.717, 1.165) is 54.1 Å². The van der Waals surface area contributed by atoms with Gasteiger partial charge in [-0.1, -0.05) is 42.5 Å². The van der Waals surface area contributed by atoms with Crippen molar-refractivity contribution in [3.63, 3.8) is 0 Å². The number of carbonyl (C=O) groups is 2. The van der Waals surface area contributed by atoms with Gasteiger partial charge in [0.2, 0.25) is 0 Å². The van der Waals surface area contributed by atoms with E-state index in [0.29, 0.717) is 17.5 Å². The highest BCUT2D eigenvalue weighted by Gasteiger charge is 2.32. The van der Waals surface area contributed by atoms with Gasteiger partial charge in [0.15, 0.2) is 11.6 Å². The highest BCUT2D eigenvalue weighted by molar-refractivity contribution is 6.10. The number of Topliss-reactive ketones (excluding diaryl/α,β-unsaturated/α-hetero) is 1. The Labute approximate surface area is 206 Å². The molecule has 1 aliphatic carbocycles. The molecule has 178 valence electrons. The van der Waals surface area contributed by atoms with Crippen LogP contribution in [0.3, 0.4) is 0 Å². The Bertz CT molecular complexity index is 1270. The normalized spacial score (nSPS) is 17.0. The number of carbonyl (C=O) groups excluding carboxylic acids is 2. The van der Waals surface area contributed by atoms with Crippen molar-refractivity contribution in [3.05, 3.63) is 101 Å². The maximum atomic E-state index is 13.1. The van der Waals surface area contributed by atoms with Crippen molar-refractivity contribution in [2.24, 2.45) is 0 Å². The fourth-order valence-corrected chi connectivity index (χ4v) is 5.11. The van der Waals surface area contributed by atoms with Crippen molar-refractivity contribution in [2.45, 2.75) is 39.2 Å². The van der Waals surface area contributed by atoms with Gasteiger partial charge in [-0.25, -0.2) is 0 Å². The lowest BCUT2D eigenvalue weighted by molar-refractivity contribution is -0.116. The quantitative estimate of drug-likeness (QED) is 0.416. The lowest BCUT2D eigenvalue weighted by Gasteiger charge is -2.26. The summed E-state index contributed by atoms with van der Waals surface area (Å²) in [5.74, 6) is 0.161. The maximum absolute atomic E-state index is 13.1. The Balaban J connectivity index is 1.53. The monoisotopic (exact) mass is 465 g/mol. The molecule has 0 saturated carbocycles. The van der Waals surface area contributed by atoms with Crippen molar-refractivity contribution in [1.29, 1.82) is 0 Å². The van der Waals surface area contributed by atoms with Crippen LogP contribution < -0.4 is 15.5 Å². The first kappa shape index (κ1) is 22.9. The molecule has 35 heavy (non-hydrogen) atoms. The number of allylic oxidation sites excluding steroid dienone is 1. The van der Waals surface area contributed by atoms with Crippen LogP contribution in [0.1, 0.15) is 60.6 Å². The second-order valence-electron chi connectivity index (χ2n) is 9.09. The molecule has 0 spiro atoms. The van der Waals surface area contributed by atoms with Gasteiger partial charge < -0.3 is 15.5 Å². The van der Waals surface area contributed by atoms with Crippen LogP contribution in [0.2, 0.25) is 0 Å². The second kappa shape index (κ2) is 9.79. The number of ketones is 2. The minimum atomic E-state index is -0.243. The topological polar surface area (TPSA) is 61.4 Å². The van der Waals surface area contributed by atoms with Crippen LogP contribution in [-0.4, -0.2) is 24.7 Å². The summed E-state index contributed by atoms with van der Waals surface area (Å²) >= 11 is 0. The van der Waals surface area contributed by atoms with Gasteiger partial charge >= 0.3 is 0 Å². The van der Waals surface area contributed by atoms with E-state index in [-0.39, 0.29) is 17.6 Å². The summed E-state index contributed by atoms with van der Waals surface area (Å²) in [6, 6.07) is 23.3. The van der Waals surface area contributed by atoms with Crippen molar-refractivity contribution >= 4 is 28.6 Å². The average molecular weight is 466 g/mol. The fourth-order valence-electron chi connectivity index (χ4n) is 5.11. The van der Waals surface area contributed by atoms with E-state index in [4.69, 9.17) is 0 Å². The molecule has 3 aromatic carbocycles. The van der Waals surface area contributed by atoms with Crippen molar-refractivity contribution in [1.82, 2.24) is 0 Å². The SMILES string of the molecule is CCN(CC)c1ccc([C@H]2Nc3ccc(C(=O)c4ccccc4)cc3NC3=C2C(=O)CCC3)cc1. The number of benzene rings is 3. The van der Waals surface area contributed by atoms with Gasteiger partial charge in [-0.3, -0.25) is 9.59 Å². The Hall–Kier alpha value is -3.86. The molecule has 0 saturated heterocycles. The summed E-state index contributed by atoms with van der Waals surface area (Å²) in [6.07, 6.45) is 2.20. The Morgan fingerprint density at radius 2 is 1.63 bits per heavy atom. The molecule has 5 nitrogen and oxygen atoms in total. The van der Waals surface area contributed by atoms with Gasteiger partial charge in [-0.15, -0.1) is 0 Å². The molecule has 0 aromatic heterocycles. The molecule has 0 radical (unpaired) electrons. The number of hydrogen-bond donors (Lipinski definition) is 2. The molecule has 1 heterocycles. The highest BCUT2D eigenvalue weighted by Crippen LogP contribution is 2.41. The summed E-state index contributed by atoms with van der Waals surface area (Å²) in [5, 5.41) is 7.14. The van der Waals surface area contributed by atoms with E-state index in [1.54, 1.807) is 0 Å². The van der Waals surface area contributed by atoms with Crippen LogP contribution in [0.4, 0.5) is 17.1 Å². The summed E-state index contributed by atoms with van der Waals surface area (Å²) < 4.78 is 0. The molecular formula is C30H31N3O2. The second-order valence-corrected chi connectivity index (χ2v) is 9.09. The van der Waals surface area contributed by atoms with Crippen LogP contribution in [0.5, 0.6) is 0 Å². The average Bonchev–Trinajstić information content (AvgIpc) is 3.07. The van der Waals surface area contributed by atoms with Gasteiger partial charge in [0, 0.05) is 47.6 Å². The van der Waals surface area contributed by atoms with Gasteiger partial charge in [0.1, 0.15) is 0 Å². The molecule has 1 atom stereocenters. The highest BCUT2D eigenvalue weighted by atomic mass is 16.1. The molecule has 5 rings (SSSR count). The Morgan fingerprint density at radius 1 is 0.886 bits per heavy atom.